The molecule has 1 aliphatic rings. The molecule has 0 amide bonds. The molecule has 0 atom stereocenters. The highest BCUT2D eigenvalue weighted by atomic mass is 32.2. The number of thioether (sulfide) groups is 1. The second-order valence-corrected chi connectivity index (χ2v) is 13.3. The van der Waals surface area contributed by atoms with E-state index in [0.717, 1.165) is 0 Å². The molecular weight excluding hydrogens is 551 g/mol. The Morgan fingerprint density at radius 2 is 1.12 bits per heavy atom. The van der Waals surface area contributed by atoms with Crippen LogP contribution < -0.4 is 0 Å². The van der Waals surface area contributed by atoms with Crippen LogP contribution in [0.4, 0.5) is 39.5 Å². The van der Waals surface area contributed by atoms with E-state index in [1.807, 2.05) is 0 Å². The van der Waals surface area contributed by atoms with Gasteiger partial charge in [0.1, 0.15) is 5.25 Å². The van der Waals surface area contributed by atoms with Crippen molar-refractivity contribution < 1.29 is 64.8 Å². The molecule has 0 radical (unpaired) electrons. The maximum absolute atomic E-state index is 13.1. The summed E-state index contributed by atoms with van der Waals surface area (Å²) in [7, 11) is -20.1. The zero-order valence-electron chi connectivity index (χ0n) is 15.4. The third-order valence-corrected chi connectivity index (χ3v) is 10.4. The van der Waals surface area contributed by atoms with Crippen LogP contribution in [0.3, 0.4) is 0 Å². The summed E-state index contributed by atoms with van der Waals surface area (Å²) in [6, 6.07) is 0. The summed E-state index contributed by atoms with van der Waals surface area (Å²) in [5, 5.41) is -6.25. The number of hydrogen-bond acceptors (Lipinski definition) is 7. The van der Waals surface area contributed by atoms with E-state index in [2.05, 4.69) is 0 Å². The van der Waals surface area contributed by atoms with Crippen LogP contribution in [0.25, 0.3) is 0 Å². The minimum atomic E-state index is -6.73. The zero-order valence-corrected chi connectivity index (χ0v) is 18.7. The van der Waals surface area contributed by atoms with Gasteiger partial charge in [-0.15, -0.1) is 11.8 Å². The Morgan fingerprint density at radius 3 is 1.41 bits per heavy atom. The Kier molecular flexibility index (Phi) is 8.19. The first kappa shape index (κ1) is 29.1. The van der Waals surface area contributed by atoms with Gasteiger partial charge in [-0.1, -0.05) is 13.3 Å². The maximum Gasteiger partial charge on any atom is 0.501 e. The first-order valence-corrected chi connectivity index (χ1v) is 13.6. The van der Waals surface area contributed by atoms with Gasteiger partial charge in [-0.25, -0.2) is 25.3 Å². The van der Waals surface area contributed by atoms with E-state index < -0.39 is 84.3 Å². The van der Waals surface area contributed by atoms with Crippen LogP contribution in [0.2, 0.25) is 0 Å². The van der Waals surface area contributed by atoms with Gasteiger partial charge in [0.2, 0.25) is 0 Å². The van der Waals surface area contributed by atoms with Crippen molar-refractivity contribution in [3.8, 4) is 0 Å². The number of halogens is 9. The van der Waals surface area contributed by atoms with E-state index in [9.17, 15) is 64.8 Å². The van der Waals surface area contributed by atoms with Gasteiger partial charge >= 0.3 is 16.5 Å². The molecule has 32 heavy (non-hydrogen) atoms. The highest BCUT2D eigenvalue weighted by Crippen LogP contribution is 2.46. The van der Waals surface area contributed by atoms with Gasteiger partial charge < -0.3 is 0 Å². The Bertz CT molecular complexity index is 1030. The second kappa shape index (κ2) is 9.01. The average Bonchev–Trinajstić information content (AvgIpc) is 2.58. The fraction of sp³-hybridized carbons (Fsp3) is 0.692. The Balaban J connectivity index is 4.02. The van der Waals surface area contributed by atoms with Crippen molar-refractivity contribution in [2.45, 2.75) is 46.8 Å². The largest absolute Gasteiger partial charge is 0.501 e. The van der Waals surface area contributed by atoms with Crippen molar-refractivity contribution in [3.05, 3.63) is 22.0 Å². The summed E-state index contributed by atoms with van der Waals surface area (Å²) in [5.74, 6) is -0.396. The third kappa shape index (κ3) is 5.40. The van der Waals surface area contributed by atoms with Crippen molar-refractivity contribution in [2.75, 3.05) is 5.75 Å². The lowest BCUT2D eigenvalue weighted by Gasteiger charge is -2.29. The fourth-order valence-corrected chi connectivity index (χ4v) is 7.81. The van der Waals surface area contributed by atoms with Crippen molar-refractivity contribution >= 4 is 41.3 Å². The highest BCUT2D eigenvalue weighted by molar-refractivity contribution is 8.05. The molecule has 188 valence electrons. The third-order valence-electron chi connectivity index (χ3n) is 3.87. The molecule has 0 saturated heterocycles. The van der Waals surface area contributed by atoms with E-state index in [4.69, 9.17) is 0 Å². The highest BCUT2D eigenvalue weighted by Gasteiger charge is 2.59. The lowest BCUT2D eigenvalue weighted by Crippen LogP contribution is -2.41. The predicted molar refractivity (Wildman–Crippen MR) is 96.0 cm³/mol. The molecule has 0 bridgehead atoms. The van der Waals surface area contributed by atoms with Crippen LogP contribution in [-0.4, -0.2) is 58.0 Å². The predicted octanol–water partition coefficient (Wildman–Crippen LogP) is 3.84. The minimum absolute atomic E-state index is 0.0267. The average molecular weight is 564 g/mol. The van der Waals surface area contributed by atoms with Crippen LogP contribution >= 0.6 is 11.8 Å². The summed E-state index contributed by atoms with van der Waals surface area (Å²) in [4.78, 5) is -4.48. The topological polar surface area (TPSA) is 102 Å². The summed E-state index contributed by atoms with van der Waals surface area (Å²) in [6.45, 7) is 1.51. The van der Waals surface area contributed by atoms with Crippen molar-refractivity contribution in [3.63, 3.8) is 0 Å². The zero-order chi connectivity index (χ0) is 25.6. The molecule has 0 saturated carbocycles. The molecule has 1 aliphatic carbocycles. The molecule has 0 heterocycles. The number of unbranched alkanes of at least 4 members (excludes halogenated alkanes) is 1. The Morgan fingerprint density at radius 1 is 0.750 bits per heavy atom. The Hall–Kier alpha value is -0.950. The van der Waals surface area contributed by atoms with E-state index in [1.165, 1.54) is 6.92 Å². The molecule has 1 rings (SSSR count). The molecule has 0 aromatic carbocycles. The van der Waals surface area contributed by atoms with Gasteiger partial charge in [-0.3, -0.25) is 0 Å². The van der Waals surface area contributed by atoms with Gasteiger partial charge in [0.05, 0.1) is 15.1 Å². The van der Waals surface area contributed by atoms with Crippen LogP contribution in [0.1, 0.15) is 19.8 Å². The number of alkyl halides is 9. The standard InChI is InChI=1S/C13H13F9O6S4/c1-2-3-4-29-10-8(31(25,26)12(17,18)19)5-7(30(23,24)11(14,15)16)6-9(10)32(27,28)13(20,21)22/h5-7,10H,2-4H2,1H3. The van der Waals surface area contributed by atoms with Crippen molar-refractivity contribution in [1.82, 2.24) is 0 Å². The lowest BCUT2D eigenvalue weighted by atomic mass is 10.2. The molecule has 0 spiro atoms. The van der Waals surface area contributed by atoms with Crippen molar-refractivity contribution in [2.24, 2.45) is 0 Å². The van der Waals surface area contributed by atoms with E-state index >= 15 is 0 Å². The van der Waals surface area contributed by atoms with Crippen LogP contribution in [0, 0.1) is 0 Å². The molecular formula is C13H13F9O6S4. The second-order valence-electron chi connectivity index (χ2n) is 6.10. The quantitative estimate of drug-likeness (QED) is 0.342. The molecule has 0 aromatic heterocycles. The van der Waals surface area contributed by atoms with Gasteiger partial charge in [-0.05, 0) is 24.3 Å². The van der Waals surface area contributed by atoms with E-state index in [0.29, 0.717) is 0 Å². The van der Waals surface area contributed by atoms with Gasteiger partial charge in [0.25, 0.3) is 29.5 Å². The maximum atomic E-state index is 13.1. The molecule has 19 heteroatoms. The molecule has 0 fully saturated rings. The summed E-state index contributed by atoms with van der Waals surface area (Å²) in [5.41, 5.74) is -18.8. The smallest absolute Gasteiger partial charge is 0.219 e. The SMILES string of the molecule is CCCCSC1C(S(=O)(=O)C(F)(F)F)=CC(S(=O)(=O)C(F)(F)F)C=C1S(=O)(=O)C(F)(F)F. The van der Waals surface area contributed by atoms with Gasteiger partial charge in [-0.2, -0.15) is 39.5 Å². The van der Waals surface area contributed by atoms with Crippen LogP contribution in [0.5, 0.6) is 0 Å². The minimum Gasteiger partial charge on any atom is -0.219 e. The van der Waals surface area contributed by atoms with Crippen LogP contribution in [0.15, 0.2) is 22.0 Å². The summed E-state index contributed by atoms with van der Waals surface area (Å²) >= 11 is -0.0267. The van der Waals surface area contributed by atoms with Gasteiger partial charge in [0, 0.05) is 0 Å². The molecule has 0 aromatic rings. The first-order valence-electron chi connectivity index (χ1n) is 8.01. The number of rotatable bonds is 7. The van der Waals surface area contributed by atoms with Crippen molar-refractivity contribution in [1.29, 1.82) is 0 Å². The molecule has 6 nitrogen and oxygen atoms in total. The molecule has 0 N–H and O–H groups in total. The fourth-order valence-electron chi connectivity index (χ4n) is 2.26. The van der Waals surface area contributed by atoms with E-state index in [1.54, 1.807) is 0 Å². The normalized spacial score (nSPS) is 21.8. The monoisotopic (exact) mass is 564 g/mol. The van der Waals surface area contributed by atoms with Crippen LogP contribution in [-0.2, 0) is 29.5 Å². The molecule has 0 unspecified atom stereocenters. The summed E-state index contributed by atoms with van der Waals surface area (Å²) in [6.07, 6.45) is -0.750. The molecule has 0 aliphatic heterocycles. The summed E-state index contributed by atoms with van der Waals surface area (Å²) < 4.78 is 188. The first-order chi connectivity index (χ1) is 14.0. The number of sulfone groups is 3. The van der Waals surface area contributed by atoms with Gasteiger partial charge in [0.15, 0.2) is 0 Å². The number of hydrogen-bond donors (Lipinski definition) is 0. The van der Waals surface area contributed by atoms with E-state index in [-0.39, 0.29) is 24.6 Å². The Labute approximate surface area is 180 Å². The lowest BCUT2D eigenvalue weighted by molar-refractivity contribution is -0.0439.